The van der Waals surface area contributed by atoms with E-state index in [9.17, 15) is 0 Å². The molecular weight excluding hydrogens is 427 g/mol. The SMILES string of the molecule is CN=C(NCc1c(C)nn(C)c1C)NC1CCN(C2CCCC2)C1.I. The van der Waals surface area contributed by atoms with Gasteiger partial charge in [0.2, 0.25) is 0 Å². The third kappa shape index (κ3) is 4.87. The monoisotopic (exact) mass is 460 g/mol. The number of likely N-dealkylation sites (tertiary alicyclic amines) is 1. The van der Waals surface area contributed by atoms with Crippen molar-refractivity contribution in [3.05, 3.63) is 17.0 Å². The first-order chi connectivity index (χ1) is 11.6. The highest BCUT2D eigenvalue weighted by atomic mass is 127. The number of halogens is 1. The van der Waals surface area contributed by atoms with E-state index in [2.05, 4.69) is 39.5 Å². The lowest BCUT2D eigenvalue weighted by atomic mass is 10.2. The third-order valence-corrected chi connectivity index (χ3v) is 5.72. The lowest BCUT2D eigenvalue weighted by Crippen LogP contribution is -2.45. The van der Waals surface area contributed by atoms with Gasteiger partial charge < -0.3 is 10.6 Å². The molecule has 1 saturated carbocycles. The van der Waals surface area contributed by atoms with Gasteiger partial charge in [0.25, 0.3) is 0 Å². The molecule has 0 bridgehead atoms. The zero-order valence-corrected chi connectivity index (χ0v) is 18.3. The standard InChI is InChI=1S/C18H32N6.HI/c1-13-17(14(2)23(4)22-13)11-20-18(19-3)21-15-9-10-24(12-15)16-7-5-6-8-16;/h15-16H,5-12H2,1-4H3,(H2,19,20,21);1H. The normalized spacial score (nSPS) is 22.2. The number of aliphatic imine (C=N–C) groups is 1. The van der Waals surface area contributed by atoms with Gasteiger partial charge in [-0.2, -0.15) is 5.10 Å². The molecule has 1 aromatic heterocycles. The van der Waals surface area contributed by atoms with E-state index >= 15 is 0 Å². The van der Waals surface area contributed by atoms with Crippen molar-refractivity contribution in [3.8, 4) is 0 Å². The summed E-state index contributed by atoms with van der Waals surface area (Å²) in [6.45, 7) is 7.32. The molecule has 2 aliphatic rings. The highest BCUT2D eigenvalue weighted by molar-refractivity contribution is 14.0. The summed E-state index contributed by atoms with van der Waals surface area (Å²) in [5, 5.41) is 11.5. The van der Waals surface area contributed by atoms with E-state index in [-0.39, 0.29) is 24.0 Å². The van der Waals surface area contributed by atoms with Gasteiger partial charge in [-0.05, 0) is 33.1 Å². The van der Waals surface area contributed by atoms with E-state index in [1.807, 2.05) is 18.8 Å². The Bertz CT molecular complexity index is 591. The minimum Gasteiger partial charge on any atom is -0.352 e. The largest absolute Gasteiger partial charge is 0.352 e. The third-order valence-electron chi connectivity index (χ3n) is 5.72. The number of aryl methyl sites for hydroxylation is 2. The fourth-order valence-electron chi connectivity index (χ4n) is 4.14. The topological polar surface area (TPSA) is 57.5 Å². The Hall–Kier alpha value is -0.830. The average Bonchev–Trinajstić information content (AvgIpc) is 3.28. The number of guanidine groups is 1. The molecular formula is C18H33IN6. The molecule has 0 radical (unpaired) electrons. The van der Waals surface area contributed by atoms with Crippen molar-refractivity contribution in [3.63, 3.8) is 0 Å². The zero-order chi connectivity index (χ0) is 17.1. The molecule has 25 heavy (non-hydrogen) atoms. The minimum absolute atomic E-state index is 0. The molecule has 1 aromatic rings. The van der Waals surface area contributed by atoms with Crippen LogP contribution in [0.15, 0.2) is 4.99 Å². The summed E-state index contributed by atoms with van der Waals surface area (Å²) in [4.78, 5) is 7.08. The molecule has 2 fully saturated rings. The van der Waals surface area contributed by atoms with Gasteiger partial charge in [-0.25, -0.2) is 0 Å². The average molecular weight is 460 g/mol. The van der Waals surface area contributed by atoms with Gasteiger partial charge in [0.1, 0.15) is 0 Å². The number of hydrogen-bond donors (Lipinski definition) is 2. The summed E-state index contributed by atoms with van der Waals surface area (Å²) in [6.07, 6.45) is 6.80. The van der Waals surface area contributed by atoms with Crippen LogP contribution in [0.25, 0.3) is 0 Å². The van der Waals surface area contributed by atoms with Gasteiger partial charge in [0.15, 0.2) is 5.96 Å². The molecule has 142 valence electrons. The van der Waals surface area contributed by atoms with Crippen LogP contribution in [0.4, 0.5) is 0 Å². The highest BCUT2D eigenvalue weighted by Gasteiger charge is 2.30. The Morgan fingerprint density at radius 2 is 1.96 bits per heavy atom. The molecule has 0 spiro atoms. The molecule has 7 heteroatoms. The number of hydrogen-bond acceptors (Lipinski definition) is 3. The second-order valence-corrected chi connectivity index (χ2v) is 7.26. The molecule has 1 unspecified atom stereocenters. The van der Waals surface area contributed by atoms with Gasteiger partial charge >= 0.3 is 0 Å². The van der Waals surface area contributed by atoms with Crippen molar-refractivity contribution in [1.29, 1.82) is 0 Å². The fourth-order valence-corrected chi connectivity index (χ4v) is 4.14. The van der Waals surface area contributed by atoms with Crippen LogP contribution in [0.1, 0.15) is 49.1 Å². The second-order valence-electron chi connectivity index (χ2n) is 7.26. The summed E-state index contributed by atoms with van der Waals surface area (Å²) in [5.74, 6) is 0.899. The van der Waals surface area contributed by atoms with Gasteiger partial charge in [-0.1, -0.05) is 12.8 Å². The van der Waals surface area contributed by atoms with Crippen LogP contribution in [0.3, 0.4) is 0 Å². The molecule has 0 aromatic carbocycles. The van der Waals surface area contributed by atoms with Crippen LogP contribution in [0.5, 0.6) is 0 Å². The smallest absolute Gasteiger partial charge is 0.191 e. The van der Waals surface area contributed by atoms with Gasteiger partial charge in [0.05, 0.1) is 5.69 Å². The minimum atomic E-state index is 0. The predicted octanol–water partition coefficient (Wildman–Crippen LogP) is 2.34. The first-order valence-corrected chi connectivity index (χ1v) is 9.28. The van der Waals surface area contributed by atoms with Crippen LogP contribution in [0, 0.1) is 13.8 Å². The molecule has 1 aliphatic heterocycles. The van der Waals surface area contributed by atoms with E-state index in [1.165, 1.54) is 49.9 Å². The number of aromatic nitrogens is 2. The maximum Gasteiger partial charge on any atom is 0.191 e. The lowest BCUT2D eigenvalue weighted by molar-refractivity contribution is 0.242. The molecule has 2 N–H and O–H groups in total. The molecule has 1 aliphatic carbocycles. The van der Waals surface area contributed by atoms with Crippen LogP contribution < -0.4 is 10.6 Å². The summed E-state index contributed by atoms with van der Waals surface area (Å²) in [6, 6.07) is 1.33. The Kier molecular flexibility index (Phi) is 7.54. The van der Waals surface area contributed by atoms with Crippen LogP contribution in [-0.2, 0) is 13.6 Å². The van der Waals surface area contributed by atoms with Gasteiger partial charge in [-0.3, -0.25) is 14.6 Å². The van der Waals surface area contributed by atoms with E-state index in [4.69, 9.17) is 0 Å². The molecule has 6 nitrogen and oxygen atoms in total. The maximum absolute atomic E-state index is 4.48. The maximum atomic E-state index is 4.48. The van der Waals surface area contributed by atoms with E-state index in [0.717, 1.165) is 30.8 Å². The Labute approximate surface area is 168 Å². The first-order valence-electron chi connectivity index (χ1n) is 9.28. The van der Waals surface area contributed by atoms with Crippen molar-refractivity contribution in [2.75, 3.05) is 20.1 Å². The van der Waals surface area contributed by atoms with Crippen molar-refractivity contribution >= 4 is 29.9 Å². The summed E-state index contributed by atoms with van der Waals surface area (Å²) >= 11 is 0. The zero-order valence-electron chi connectivity index (χ0n) is 16.0. The van der Waals surface area contributed by atoms with Crippen LogP contribution in [-0.4, -0.2) is 52.9 Å². The molecule has 3 rings (SSSR count). The summed E-state index contributed by atoms with van der Waals surface area (Å²) in [5.41, 5.74) is 3.56. The second kappa shape index (κ2) is 9.21. The summed E-state index contributed by atoms with van der Waals surface area (Å²) < 4.78 is 1.94. The van der Waals surface area contributed by atoms with Crippen molar-refractivity contribution in [2.24, 2.45) is 12.0 Å². The van der Waals surface area contributed by atoms with E-state index in [0.29, 0.717) is 6.04 Å². The Balaban J connectivity index is 0.00000225. The number of rotatable bonds is 4. The van der Waals surface area contributed by atoms with E-state index in [1.54, 1.807) is 0 Å². The fraction of sp³-hybridized carbons (Fsp3) is 0.778. The molecule has 1 atom stereocenters. The van der Waals surface area contributed by atoms with Crippen LogP contribution in [0.2, 0.25) is 0 Å². The highest BCUT2D eigenvalue weighted by Crippen LogP contribution is 2.26. The lowest BCUT2D eigenvalue weighted by Gasteiger charge is -2.24. The number of nitrogens with zero attached hydrogens (tertiary/aromatic N) is 4. The number of nitrogens with one attached hydrogen (secondary N) is 2. The first kappa shape index (κ1) is 20.5. The van der Waals surface area contributed by atoms with Crippen molar-refractivity contribution in [1.82, 2.24) is 25.3 Å². The Morgan fingerprint density at radius 1 is 1.24 bits per heavy atom. The van der Waals surface area contributed by atoms with Crippen molar-refractivity contribution < 1.29 is 0 Å². The molecule has 1 saturated heterocycles. The van der Waals surface area contributed by atoms with Gasteiger partial charge in [-0.15, -0.1) is 24.0 Å². The predicted molar refractivity (Wildman–Crippen MR) is 114 cm³/mol. The summed E-state index contributed by atoms with van der Waals surface area (Å²) in [7, 11) is 3.84. The van der Waals surface area contributed by atoms with Gasteiger partial charge in [0, 0.05) is 57.1 Å². The van der Waals surface area contributed by atoms with Crippen LogP contribution >= 0.6 is 24.0 Å². The van der Waals surface area contributed by atoms with Crippen molar-refractivity contribution in [2.45, 2.75) is 64.6 Å². The molecule has 0 amide bonds. The molecule has 2 heterocycles. The Morgan fingerprint density at radius 3 is 2.56 bits per heavy atom. The van der Waals surface area contributed by atoms with E-state index < -0.39 is 0 Å². The quantitative estimate of drug-likeness (QED) is 0.412.